The molecule has 0 saturated heterocycles. The Balaban J connectivity index is 1.25. The van der Waals surface area contributed by atoms with Crippen LogP contribution in [0.4, 0.5) is 14.6 Å². The number of nitrogens with two attached hydrogens (primary N) is 1. The molecule has 0 spiro atoms. The Morgan fingerprint density at radius 1 is 1.25 bits per heavy atom. The van der Waals surface area contributed by atoms with Gasteiger partial charge in [0.2, 0.25) is 0 Å². The summed E-state index contributed by atoms with van der Waals surface area (Å²) in [6.07, 6.45) is 6.84. The van der Waals surface area contributed by atoms with Gasteiger partial charge in [0.25, 0.3) is 11.8 Å². The summed E-state index contributed by atoms with van der Waals surface area (Å²) in [5, 5.41) is 17.9. The van der Waals surface area contributed by atoms with E-state index in [1.807, 2.05) is 6.92 Å². The van der Waals surface area contributed by atoms with Crippen LogP contribution in [0.5, 0.6) is 5.75 Å². The summed E-state index contributed by atoms with van der Waals surface area (Å²) < 4.78 is 33.0. The number of nitrogens with one attached hydrogen (secondary N) is 1. The number of rotatable bonds is 7. The van der Waals surface area contributed by atoms with Gasteiger partial charge in [-0.1, -0.05) is 0 Å². The summed E-state index contributed by atoms with van der Waals surface area (Å²) in [5.74, 6) is -0.502. The topological polar surface area (TPSA) is 135 Å². The maximum atomic E-state index is 13.4. The van der Waals surface area contributed by atoms with Crippen molar-refractivity contribution in [1.82, 2.24) is 24.8 Å². The molecule has 7 rings (SSSR count). The van der Waals surface area contributed by atoms with Gasteiger partial charge in [-0.2, -0.15) is 8.78 Å². The fourth-order valence-corrected chi connectivity index (χ4v) is 6.91. The van der Waals surface area contributed by atoms with Gasteiger partial charge < -0.3 is 25.8 Å². The molecule has 2 aromatic heterocycles. The number of alkyl halides is 2. The molecule has 0 unspecified atom stereocenters. The smallest absolute Gasteiger partial charge is 0.387 e. The Morgan fingerprint density at radius 2 is 2.00 bits per heavy atom. The normalized spacial score (nSPS) is 26.1. The number of anilines is 1. The van der Waals surface area contributed by atoms with Gasteiger partial charge >= 0.3 is 6.61 Å². The van der Waals surface area contributed by atoms with Gasteiger partial charge in [0, 0.05) is 29.9 Å². The third-order valence-electron chi connectivity index (χ3n) is 9.23. The minimum Gasteiger partial charge on any atom is -0.434 e. The van der Waals surface area contributed by atoms with E-state index in [0.717, 1.165) is 12.8 Å². The van der Waals surface area contributed by atoms with Crippen molar-refractivity contribution in [2.75, 3.05) is 5.73 Å². The lowest BCUT2D eigenvalue weighted by molar-refractivity contribution is -0.0501. The first-order valence-electron chi connectivity index (χ1n) is 13.7. The van der Waals surface area contributed by atoms with Gasteiger partial charge in [-0.05, 0) is 81.5 Å². The Labute approximate surface area is 228 Å². The third-order valence-corrected chi connectivity index (χ3v) is 9.23. The molecule has 3 aromatic rings. The first-order chi connectivity index (χ1) is 19.0. The molecule has 3 aliphatic carbocycles. The van der Waals surface area contributed by atoms with Crippen molar-refractivity contribution in [3.63, 3.8) is 0 Å². The lowest BCUT2D eigenvalue weighted by Crippen LogP contribution is -2.45. The van der Waals surface area contributed by atoms with E-state index in [4.69, 9.17) is 10.5 Å². The minimum atomic E-state index is -3.11. The third kappa shape index (κ3) is 3.99. The summed E-state index contributed by atoms with van der Waals surface area (Å²) in [5.41, 5.74) is 6.86. The van der Waals surface area contributed by atoms with Gasteiger partial charge in [0.15, 0.2) is 11.5 Å². The molecule has 3 saturated carbocycles. The van der Waals surface area contributed by atoms with Crippen molar-refractivity contribution in [3.8, 4) is 17.0 Å². The van der Waals surface area contributed by atoms with Crippen molar-refractivity contribution in [3.05, 3.63) is 41.1 Å². The zero-order valence-electron chi connectivity index (χ0n) is 22.0. The predicted molar refractivity (Wildman–Crippen MR) is 140 cm³/mol. The number of nitrogens with zero attached hydrogens (tertiary/aromatic N) is 4. The van der Waals surface area contributed by atoms with Gasteiger partial charge in [-0.15, -0.1) is 5.10 Å². The van der Waals surface area contributed by atoms with Crippen molar-refractivity contribution in [2.45, 2.75) is 82.2 Å². The number of carbonyl (C=O) groups excluding carboxylic acids is 2. The van der Waals surface area contributed by atoms with Crippen LogP contribution in [0, 0.1) is 5.92 Å². The van der Waals surface area contributed by atoms with E-state index in [-0.39, 0.29) is 40.3 Å². The molecule has 3 heterocycles. The number of aliphatic hydroxyl groups is 1. The molecule has 2 bridgehead atoms. The van der Waals surface area contributed by atoms with E-state index in [1.54, 1.807) is 23.2 Å². The molecule has 210 valence electrons. The fraction of sp³-hybridized carbons (Fsp3) is 0.500. The number of ether oxygens (including phenoxy) is 1. The monoisotopic (exact) mass is 552 g/mol. The highest BCUT2D eigenvalue weighted by Crippen LogP contribution is 2.50. The Hall–Kier alpha value is -3.80. The molecule has 2 amide bonds. The maximum Gasteiger partial charge on any atom is 0.387 e. The number of nitrogen functional groups attached to an aromatic ring is 1. The van der Waals surface area contributed by atoms with Crippen LogP contribution in [0.3, 0.4) is 0 Å². The number of benzene rings is 1. The molecule has 4 aliphatic rings. The van der Waals surface area contributed by atoms with Gasteiger partial charge in [0.1, 0.15) is 11.3 Å². The number of amides is 2. The van der Waals surface area contributed by atoms with Crippen LogP contribution in [0.15, 0.2) is 24.4 Å². The summed E-state index contributed by atoms with van der Waals surface area (Å²) in [6, 6.07) is 4.80. The Morgan fingerprint density at radius 3 is 2.65 bits per heavy atom. The van der Waals surface area contributed by atoms with Crippen molar-refractivity contribution in [2.24, 2.45) is 5.92 Å². The largest absolute Gasteiger partial charge is 0.434 e. The Kier molecular flexibility index (Phi) is 5.41. The lowest BCUT2D eigenvalue weighted by Gasteiger charge is -2.27. The van der Waals surface area contributed by atoms with Crippen LogP contribution >= 0.6 is 0 Å². The second-order valence-electron chi connectivity index (χ2n) is 11.9. The van der Waals surface area contributed by atoms with Crippen LogP contribution < -0.4 is 15.8 Å². The van der Waals surface area contributed by atoms with E-state index in [9.17, 15) is 23.5 Å². The van der Waals surface area contributed by atoms with E-state index in [2.05, 4.69) is 15.4 Å². The van der Waals surface area contributed by atoms with Crippen molar-refractivity contribution in [1.29, 1.82) is 0 Å². The summed E-state index contributed by atoms with van der Waals surface area (Å²) in [4.78, 5) is 33.1. The molecule has 4 N–H and O–H groups in total. The second kappa shape index (κ2) is 8.60. The highest BCUT2D eigenvalue weighted by molar-refractivity contribution is 6.05. The standard InChI is InChI=1S/C28H30F2N6O4/c1-14(15-2-3-15)35-12-17-10-16(11-19(40-26(29)30)20(17)25(35)38)18-4-9-36-23(32-18)21(22(31)34-36)24(37)33-27-5-7-28(39,13-27)8-6-27/h4,9-11,14-15,26,39H,2-3,5-8,12-13H2,1H3,(H2,31,34)(H,33,37)/t14-,27?,28?/m0/s1. The number of hydrogen-bond donors (Lipinski definition) is 3. The fourth-order valence-electron chi connectivity index (χ4n) is 6.91. The van der Waals surface area contributed by atoms with E-state index in [1.165, 1.54) is 10.6 Å². The average molecular weight is 553 g/mol. The maximum absolute atomic E-state index is 13.4. The highest BCUT2D eigenvalue weighted by Gasteiger charge is 2.54. The van der Waals surface area contributed by atoms with Gasteiger partial charge in [-0.3, -0.25) is 9.59 Å². The van der Waals surface area contributed by atoms with Gasteiger partial charge in [0.05, 0.1) is 16.9 Å². The van der Waals surface area contributed by atoms with Crippen LogP contribution in [0.2, 0.25) is 0 Å². The Bertz CT molecular complexity index is 1560. The quantitative estimate of drug-likeness (QED) is 0.408. The summed E-state index contributed by atoms with van der Waals surface area (Å²) in [7, 11) is 0. The zero-order valence-corrected chi connectivity index (χ0v) is 22.0. The lowest BCUT2D eigenvalue weighted by atomic mass is 9.92. The SMILES string of the molecule is C[C@@H](C1CC1)N1Cc2cc(-c3ccn4nc(N)c(C(=O)NC56CCC(O)(CC5)C6)c4n3)cc(OC(F)F)c2C1=O. The number of aromatic nitrogens is 3. The van der Waals surface area contributed by atoms with Crippen LogP contribution in [0.25, 0.3) is 16.9 Å². The number of fused-ring (bicyclic) bond motifs is 4. The number of hydrogen-bond acceptors (Lipinski definition) is 7. The van der Waals surface area contributed by atoms with E-state index in [0.29, 0.717) is 61.4 Å². The molecular formula is C28H30F2N6O4. The first kappa shape index (κ1) is 25.2. The van der Waals surface area contributed by atoms with E-state index < -0.39 is 23.7 Å². The predicted octanol–water partition coefficient (Wildman–Crippen LogP) is 3.51. The van der Waals surface area contributed by atoms with E-state index >= 15 is 0 Å². The molecular weight excluding hydrogens is 522 g/mol. The summed E-state index contributed by atoms with van der Waals surface area (Å²) >= 11 is 0. The highest BCUT2D eigenvalue weighted by atomic mass is 19.3. The van der Waals surface area contributed by atoms with Crippen molar-refractivity contribution < 1.29 is 28.2 Å². The molecule has 1 aliphatic heterocycles. The molecule has 40 heavy (non-hydrogen) atoms. The second-order valence-corrected chi connectivity index (χ2v) is 11.9. The molecule has 12 heteroatoms. The number of carbonyl (C=O) groups is 2. The number of halogens is 2. The molecule has 3 fully saturated rings. The molecule has 1 atom stereocenters. The molecule has 1 aromatic carbocycles. The zero-order chi connectivity index (χ0) is 28.0. The van der Waals surface area contributed by atoms with Gasteiger partial charge in [-0.25, -0.2) is 9.50 Å². The average Bonchev–Trinajstić information content (AvgIpc) is 3.39. The molecule has 0 radical (unpaired) electrons. The van der Waals surface area contributed by atoms with Crippen LogP contribution in [0.1, 0.15) is 78.1 Å². The molecule has 10 nitrogen and oxygen atoms in total. The minimum absolute atomic E-state index is 0.00302. The van der Waals surface area contributed by atoms with Crippen molar-refractivity contribution >= 4 is 23.3 Å². The van der Waals surface area contributed by atoms with Crippen LogP contribution in [-0.2, 0) is 6.54 Å². The first-order valence-corrected chi connectivity index (χ1v) is 13.7. The summed E-state index contributed by atoms with van der Waals surface area (Å²) in [6.45, 7) is -0.826. The van der Waals surface area contributed by atoms with Crippen LogP contribution in [-0.4, -0.2) is 60.2 Å².